The molecule has 29 heavy (non-hydrogen) atoms. The first-order valence-electron chi connectivity index (χ1n) is 9.54. The van der Waals surface area contributed by atoms with E-state index in [0.29, 0.717) is 0 Å². The number of pyridine rings is 1. The van der Waals surface area contributed by atoms with Crippen LogP contribution in [0.2, 0.25) is 0 Å². The molecule has 1 aliphatic rings. The molecule has 0 radical (unpaired) electrons. The Labute approximate surface area is 169 Å². The molecule has 0 bridgehead atoms. The van der Waals surface area contributed by atoms with Crippen LogP contribution in [0.4, 0.5) is 5.69 Å². The monoisotopic (exact) mass is 389 g/mol. The van der Waals surface area contributed by atoms with Crippen LogP contribution in [0.1, 0.15) is 25.1 Å². The molecule has 0 N–H and O–H groups in total. The summed E-state index contributed by atoms with van der Waals surface area (Å²) < 4.78 is 2.38. The molecule has 2 aromatic carbocycles. The fraction of sp³-hybridized carbons (Fsp3) is 0.174. The van der Waals surface area contributed by atoms with Crippen molar-refractivity contribution in [3.63, 3.8) is 0 Å². The van der Waals surface area contributed by atoms with E-state index in [1.807, 2.05) is 0 Å². The van der Waals surface area contributed by atoms with Gasteiger partial charge in [0.1, 0.15) is 6.54 Å². The maximum absolute atomic E-state index is 8.25. The second kappa shape index (κ2) is 9.01. The summed E-state index contributed by atoms with van der Waals surface area (Å²) in [4.78, 5) is 10.6. The Morgan fingerprint density at radius 2 is 1.66 bits per heavy atom. The van der Waals surface area contributed by atoms with E-state index in [9.17, 15) is 0 Å². The van der Waals surface area contributed by atoms with Crippen molar-refractivity contribution < 1.29 is 9.65 Å². The van der Waals surface area contributed by atoms with Crippen molar-refractivity contribution in [1.82, 2.24) is 0 Å². The van der Waals surface area contributed by atoms with Crippen molar-refractivity contribution >= 4 is 28.7 Å². The average Bonchev–Trinajstić information content (AvgIpc) is 2.73. The maximum atomic E-state index is 8.25. The molecule has 0 unspecified atom stereocenters. The highest BCUT2D eigenvalue weighted by atomic mass is 16.9. The van der Waals surface area contributed by atoms with E-state index in [-0.39, 0.29) is 0 Å². The normalized spacial score (nSPS) is 13.7. The van der Waals surface area contributed by atoms with Gasteiger partial charge >= 0.3 is 0 Å². The molecule has 0 aliphatic carbocycles. The van der Waals surface area contributed by atoms with Gasteiger partial charge in [0.15, 0.2) is 0 Å². The summed E-state index contributed by atoms with van der Waals surface area (Å²) in [6.07, 6.45) is 6.73. The van der Waals surface area contributed by atoms with Crippen molar-refractivity contribution in [1.29, 1.82) is 0 Å². The molecule has 6 nitrogen and oxygen atoms in total. The molecule has 0 spiro atoms. The number of aromatic nitrogens is 1. The molecular weight excluding hydrogens is 366 g/mol. The number of hydrogen-bond acceptors (Lipinski definition) is 4. The van der Waals surface area contributed by atoms with Gasteiger partial charge in [-0.1, -0.05) is 36.4 Å². The van der Waals surface area contributed by atoms with Crippen molar-refractivity contribution in [3.8, 4) is 0 Å². The van der Waals surface area contributed by atoms with Crippen LogP contribution in [0.25, 0.3) is 23.1 Å². The fourth-order valence-corrected chi connectivity index (χ4v) is 3.67. The number of hydrogen-bond donors (Lipinski definition) is 0. The summed E-state index contributed by atoms with van der Waals surface area (Å²) >= 11 is 0. The van der Waals surface area contributed by atoms with Gasteiger partial charge < -0.3 is 20.2 Å². The smallest absolute Gasteiger partial charge is 0.212 e. The summed E-state index contributed by atoms with van der Waals surface area (Å²) in [5, 5.41) is 16.0. The van der Waals surface area contributed by atoms with Gasteiger partial charge in [0, 0.05) is 41.5 Å². The Morgan fingerprint density at radius 1 is 0.966 bits per heavy atom. The molecule has 6 heteroatoms. The number of aryl methyl sites for hydroxylation is 1. The standard InChI is InChI=1S/C23H23N2.NO3/c1-3-24-20(15-13-18-9-5-7-11-22(18)24)17-21-16-14-19-10-6-8-12-23(19)25(21)4-2;2-1(3)4/h5-17H,3-4H2,1-2H3;/q+1;-1. The Hall–Kier alpha value is -3.67. The van der Waals surface area contributed by atoms with E-state index in [1.165, 1.54) is 33.5 Å². The lowest BCUT2D eigenvalue weighted by molar-refractivity contribution is -0.669. The third-order valence-corrected chi connectivity index (χ3v) is 4.87. The lowest BCUT2D eigenvalue weighted by atomic mass is 10.0. The number of fused-ring (bicyclic) bond motifs is 2. The van der Waals surface area contributed by atoms with E-state index in [2.05, 4.69) is 102 Å². The molecule has 1 aliphatic heterocycles. The third kappa shape index (κ3) is 4.43. The molecule has 0 fully saturated rings. The Balaban J connectivity index is 0.000000552. The zero-order chi connectivity index (χ0) is 20.8. The van der Waals surface area contributed by atoms with Gasteiger partial charge in [-0.3, -0.25) is 0 Å². The summed E-state index contributed by atoms with van der Waals surface area (Å²) in [7, 11) is 0. The lowest BCUT2D eigenvalue weighted by Crippen LogP contribution is -2.37. The van der Waals surface area contributed by atoms with Gasteiger partial charge in [0.05, 0.1) is 5.09 Å². The molecule has 2 heterocycles. The van der Waals surface area contributed by atoms with Gasteiger partial charge in [0.25, 0.3) is 0 Å². The first-order chi connectivity index (χ1) is 14.0. The van der Waals surface area contributed by atoms with E-state index < -0.39 is 5.09 Å². The maximum Gasteiger partial charge on any atom is 0.212 e. The van der Waals surface area contributed by atoms with Crippen LogP contribution < -0.4 is 9.47 Å². The molecule has 3 aromatic rings. The van der Waals surface area contributed by atoms with E-state index in [0.717, 1.165) is 13.1 Å². The minimum absolute atomic E-state index is 0.951. The van der Waals surface area contributed by atoms with E-state index in [1.54, 1.807) is 0 Å². The molecule has 0 amide bonds. The van der Waals surface area contributed by atoms with Crippen LogP contribution in [0.5, 0.6) is 0 Å². The highest BCUT2D eigenvalue weighted by Crippen LogP contribution is 2.31. The lowest BCUT2D eigenvalue weighted by Gasteiger charge is -2.29. The van der Waals surface area contributed by atoms with Crippen molar-refractivity contribution in [2.75, 3.05) is 11.4 Å². The molecule has 4 rings (SSSR count). The van der Waals surface area contributed by atoms with Crippen LogP contribution in [-0.2, 0) is 6.54 Å². The van der Waals surface area contributed by atoms with Crippen LogP contribution in [-0.4, -0.2) is 11.6 Å². The number of rotatable bonds is 3. The molecule has 0 atom stereocenters. The van der Waals surface area contributed by atoms with Crippen LogP contribution >= 0.6 is 0 Å². The van der Waals surface area contributed by atoms with Crippen molar-refractivity contribution in [2.24, 2.45) is 0 Å². The van der Waals surface area contributed by atoms with Crippen LogP contribution in [0, 0.1) is 15.3 Å². The Bertz CT molecular complexity index is 1090. The fourth-order valence-electron chi connectivity index (χ4n) is 3.67. The zero-order valence-corrected chi connectivity index (χ0v) is 16.5. The van der Waals surface area contributed by atoms with Gasteiger partial charge in [-0.2, -0.15) is 4.57 Å². The molecule has 148 valence electrons. The second-order valence-electron chi connectivity index (χ2n) is 6.49. The summed E-state index contributed by atoms with van der Waals surface area (Å²) in [5.74, 6) is 0. The molecule has 0 saturated carbocycles. The number of para-hydroxylation sites is 2. The number of benzene rings is 2. The first-order valence-corrected chi connectivity index (χ1v) is 9.54. The first kappa shape index (κ1) is 20.1. The number of allylic oxidation sites excluding steroid dienone is 1. The minimum atomic E-state index is -1.75. The third-order valence-electron chi connectivity index (χ3n) is 4.87. The Kier molecular flexibility index (Phi) is 6.24. The number of nitrogens with zero attached hydrogens (tertiary/aromatic N) is 3. The number of likely N-dealkylation sites (N-methyl/N-ethyl adjacent to an activating group) is 1. The van der Waals surface area contributed by atoms with Crippen molar-refractivity contribution in [2.45, 2.75) is 20.4 Å². The minimum Gasteiger partial charge on any atom is -0.356 e. The van der Waals surface area contributed by atoms with Gasteiger partial charge in [-0.25, -0.2) is 0 Å². The summed E-state index contributed by atoms with van der Waals surface area (Å²) in [6.45, 7) is 6.32. The predicted octanol–water partition coefficient (Wildman–Crippen LogP) is 4.80. The quantitative estimate of drug-likeness (QED) is 0.366. The van der Waals surface area contributed by atoms with Crippen LogP contribution in [0.15, 0.2) is 72.4 Å². The summed E-state index contributed by atoms with van der Waals surface area (Å²) in [5.41, 5.74) is 6.31. The zero-order valence-electron chi connectivity index (χ0n) is 16.5. The van der Waals surface area contributed by atoms with Crippen LogP contribution in [0.3, 0.4) is 0 Å². The Morgan fingerprint density at radius 3 is 2.38 bits per heavy atom. The van der Waals surface area contributed by atoms with E-state index in [4.69, 9.17) is 15.3 Å². The predicted molar refractivity (Wildman–Crippen MR) is 117 cm³/mol. The highest BCUT2D eigenvalue weighted by molar-refractivity contribution is 5.80. The second-order valence-corrected chi connectivity index (χ2v) is 6.49. The van der Waals surface area contributed by atoms with Gasteiger partial charge in [-0.15, -0.1) is 0 Å². The number of anilines is 1. The largest absolute Gasteiger partial charge is 0.356 e. The molecule has 0 saturated heterocycles. The molecule has 1 aromatic heterocycles. The SMILES string of the molecule is CCN1/C(=C/c2ccc3ccccc3[n+]2CC)C=Cc2ccccc21.O=[N+]([O-])[O-]. The summed E-state index contributed by atoms with van der Waals surface area (Å²) in [6, 6.07) is 21.6. The van der Waals surface area contributed by atoms with Gasteiger partial charge in [0.2, 0.25) is 11.2 Å². The average molecular weight is 389 g/mol. The highest BCUT2D eigenvalue weighted by Gasteiger charge is 2.18. The van der Waals surface area contributed by atoms with Crippen molar-refractivity contribution in [3.05, 3.63) is 99.0 Å². The van der Waals surface area contributed by atoms with E-state index >= 15 is 0 Å². The molecular formula is C23H23N3O3. The van der Waals surface area contributed by atoms with Gasteiger partial charge in [-0.05, 0) is 43.7 Å². The topological polar surface area (TPSA) is 73.3 Å².